The number of nitrogens with zero attached hydrogens (tertiary/aromatic N) is 2. The standard InChI is InChI=1S/C13H18N4O3/c1-13(19,11-4-3-5-20-11)9-15-12(18)14-6-10-7-16-17(2)8-10/h3-5,7-8,19H,6,9H2,1-2H3,(H2,14,15,18). The summed E-state index contributed by atoms with van der Waals surface area (Å²) in [4.78, 5) is 11.6. The van der Waals surface area contributed by atoms with E-state index in [1.165, 1.54) is 6.26 Å². The van der Waals surface area contributed by atoms with Crippen molar-refractivity contribution < 1.29 is 14.3 Å². The Morgan fingerprint density at radius 3 is 2.95 bits per heavy atom. The molecule has 0 bridgehead atoms. The Morgan fingerprint density at radius 1 is 1.55 bits per heavy atom. The smallest absolute Gasteiger partial charge is 0.315 e. The number of hydrogen-bond acceptors (Lipinski definition) is 4. The second-order valence-electron chi connectivity index (χ2n) is 4.81. The van der Waals surface area contributed by atoms with Crippen LogP contribution in [0.1, 0.15) is 18.2 Å². The van der Waals surface area contributed by atoms with E-state index in [1.807, 2.05) is 13.2 Å². The molecule has 0 aliphatic heterocycles. The van der Waals surface area contributed by atoms with Crippen LogP contribution < -0.4 is 10.6 Å². The lowest BCUT2D eigenvalue weighted by Gasteiger charge is -2.21. The van der Waals surface area contributed by atoms with Crippen molar-refractivity contribution >= 4 is 6.03 Å². The number of furan rings is 1. The van der Waals surface area contributed by atoms with Crippen LogP contribution in [0.4, 0.5) is 4.79 Å². The van der Waals surface area contributed by atoms with Gasteiger partial charge in [0.25, 0.3) is 0 Å². The highest BCUT2D eigenvalue weighted by Crippen LogP contribution is 2.19. The molecule has 20 heavy (non-hydrogen) atoms. The first kappa shape index (κ1) is 14.1. The van der Waals surface area contributed by atoms with Crippen LogP contribution >= 0.6 is 0 Å². The Balaban J connectivity index is 1.77. The van der Waals surface area contributed by atoms with Gasteiger partial charge in [-0.05, 0) is 19.1 Å². The van der Waals surface area contributed by atoms with Crippen LogP contribution in [0, 0.1) is 0 Å². The second-order valence-corrected chi connectivity index (χ2v) is 4.81. The minimum atomic E-state index is -1.24. The van der Waals surface area contributed by atoms with Gasteiger partial charge in [0.1, 0.15) is 11.4 Å². The Labute approximate surface area is 116 Å². The lowest BCUT2D eigenvalue weighted by molar-refractivity contribution is 0.0367. The number of amides is 2. The quantitative estimate of drug-likeness (QED) is 0.751. The van der Waals surface area contributed by atoms with E-state index in [0.29, 0.717) is 12.3 Å². The highest BCUT2D eigenvalue weighted by Gasteiger charge is 2.26. The molecule has 0 radical (unpaired) electrons. The summed E-state index contributed by atoms with van der Waals surface area (Å²) in [7, 11) is 1.81. The topological polar surface area (TPSA) is 92.3 Å². The average molecular weight is 278 g/mol. The zero-order valence-corrected chi connectivity index (χ0v) is 11.5. The van der Waals surface area contributed by atoms with Crippen molar-refractivity contribution in [2.24, 2.45) is 7.05 Å². The highest BCUT2D eigenvalue weighted by atomic mass is 16.4. The van der Waals surface area contributed by atoms with Gasteiger partial charge in [-0.2, -0.15) is 5.10 Å². The van der Waals surface area contributed by atoms with Crippen LogP contribution in [0.3, 0.4) is 0 Å². The normalized spacial score (nSPS) is 13.8. The Bertz CT molecular complexity index is 560. The van der Waals surface area contributed by atoms with E-state index in [4.69, 9.17) is 4.42 Å². The van der Waals surface area contributed by atoms with Gasteiger partial charge >= 0.3 is 6.03 Å². The maximum absolute atomic E-state index is 11.6. The van der Waals surface area contributed by atoms with Gasteiger partial charge in [0.05, 0.1) is 19.0 Å². The first-order chi connectivity index (χ1) is 9.47. The fraction of sp³-hybridized carbons (Fsp3) is 0.385. The summed E-state index contributed by atoms with van der Waals surface area (Å²) in [5.74, 6) is 0.407. The number of carbonyl (C=O) groups is 1. The summed E-state index contributed by atoms with van der Waals surface area (Å²) >= 11 is 0. The third-order valence-electron chi connectivity index (χ3n) is 2.86. The Morgan fingerprint density at radius 2 is 2.35 bits per heavy atom. The minimum absolute atomic E-state index is 0.0549. The molecule has 0 saturated carbocycles. The van der Waals surface area contributed by atoms with E-state index < -0.39 is 5.60 Å². The molecule has 1 unspecified atom stereocenters. The third-order valence-corrected chi connectivity index (χ3v) is 2.86. The zero-order valence-electron chi connectivity index (χ0n) is 11.5. The van der Waals surface area contributed by atoms with E-state index in [-0.39, 0.29) is 12.6 Å². The summed E-state index contributed by atoms with van der Waals surface area (Å²) in [6.07, 6.45) is 4.98. The van der Waals surface area contributed by atoms with Crippen LogP contribution in [-0.4, -0.2) is 27.5 Å². The van der Waals surface area contributed by atoms with Gasteiger partial charge < -0.3 is 20.2 Å². The molecule has 0 aromatic carbocycles. The molecule has 2 amide bonds. The number of carbonyl (C=O) groups excluding carboxylic acids is 1. The van der Waals surface area contributed by atoms with Gasteiger partial charge in [0, 0.05) is 25.4 Å². The molecule has 0 aliphatic carbocycles. The lowest BCUT2D eigenvalue weighted by atomic mass is 10.0. The molecule has 3 N–H and O–H groups in total. The molecular weight excluding hydrogens is 260 g/mol. The first-order valence-corrected chi connectivity index (χ1v) is 6.23. The van der Waals surface area contributed by atoms with Crippen molar-refractivity contribution in [1.82, 2.24) is 20.4 Å². The molecule has 2 heterocycles. The molecule has 2 rings (SSSR count). The van der Waals surface area contributed by atoms with E-state index in [9.17, 15) is 9.90 Å². The fourth-order valence-electron chi connectivity index (χ4n) is 1.73. The SMILES string of the molecule is Cn1cc(CNC(=O)NCC(C)(O)c2ccco2)cn1. The highest BCUT2D eigenvalue weighted by molar-refractivity contribution is 5.73. The Kier molecular flexibility index (Phi) is 4.09. The van der Waals surface area contributed by atoms with Crippen LogP contribution in [-0.2, 0) is 19.2 Å². The van der Waals surface area contributed by atoms with Crippen molar-refractivity contribution in [3.05, 3.63) is 42.1 Å². The summed E-state index contributed by atoms with van der Waals surface area (Å²) in [6.45, 7) is 2.01. The van der Waals surface area contributed by atoms with Crippen molar-refractivity contribution in [2.45, 2.75) is 19.1 Å². The molecule has 0 aliphatic rings. The summed E-state index contributed by atoms with van der Waals surface area (Å²) < 4.78 is 6.79. The molecule has 0 fully saturated rings. The Hall–Kier alpha value is -2.28. The van der Waals surface area contributed by atoms with Crippen molar-refractivity contribution in [1.29, 1.82) is 0 Å². The number of urea groups is 1. The van der Waals surface area contributed by atoms with Crippen molar-refractivity contribution in [3.8, 4) is 0 Å². The first-order valence-electron chi connectivity index (χ1n) is 6.23. The van der Waals surface area contributed by atoms with Gasteiger partial charge in [0.15, 0.2) is 0 Å². The summed E-state index contributed by atoms with van der Waals surface area (Å²) in [5.41, 5.74) is -0.338. The molecule has 108 valence electrons. The predicted molar refractivity (Wildman–Crippen MR) is 71.7 cm³/mol. The number of nitrogens with one attached hydrogen (secondary N) is 2. The molecule has 2 aromatic rings. The van der Waals surface area contributed by atoms with E-state index >= 15 is 0 Å². The van der Waals surface area contributed by atoms with E-state index in [1.54, 1.807) is 29.9 Å². The van der Waals surface area contributed by atoms with Crippen molar-refractivity contribution in [3.63, 3.8) is 0 Å². The minimum Gasteiger partial charge on any atom is -0.466 e. The molecule has 1 atom stereocenters. The zero-order chi connectivity index (χ0) is 14.6. The van der Waals surface area contributed by atoms with Gasteiger partial charge in [-0.25, -0.2) is 4.79 Å². The second kappa shape index (κ2) is 5.79. The predicted octanol–water partition coefficient (Wildman–Crippen LogP) is 0.720. The molecule has 0 spiro atoms. The number of aryl methyl sites for hydroxylation is 1. The van der Waals surface area contributed by atoms with Gasteiger partial charge in [-0.3, -0.25) is 4.68 Å². The molecule has 2 aromatic heterocycles. The van der Waals surface area contributed by atoms with Gasteiger partial charge in [-0.15, -0.1) is 0 Å². The third kappa shape index (κ3) is 3.61. The van der Waals surface area contributed by atoms with Gasteiger partial charge in [-0.1, -0.05) is 0 Å². The number of rotatable bonds is 5. The van der Waals surface area contributed by atoms with Crippen molar-refractivity contribution in [2.75, 3.05) is 6.54 Å². The maximum Gasteiger partial charge on any atom is 0.315 e. The summed E-state index contributed by atoms with van der Waals surface area (Å²) in [6, 6.07) is 2.99. The number of aromatic nitrogens is 2. The fourth-order valence-corrected chi connectivity index (χ4v) is 1.73. The van der Waals surface area contributed by atoms with Crippen LogP contribution in [0.15, 0.2) is 35.2 Å². The largest absolute Gasteiger partial charge is 0.466 e. The maximum atomic E-state index is 11.6. The summed E-state index contributed by atoms with van der Waals surface area (Å²) in [5, 5.41) is 19.5. The number of aliphatic hydroxyl groups is 1. The van der Waals surface area contributed by atoms with Crippen LogP contribution in [0.5, 0.6) is 0 Å². The monoisotopic (exact) mass is 278 g/mol. The number of hydrogen-bond donors (Lipinski definition) is 3. The van der Waals surface area contributed by atoms with Crippen LogP contribution in [0.2, 0.25) is 0 Å². The van der Waals surface area contributed by atoms with Gasteiger partial charge in [0.2, 0.25) is 0 Å². The van der Waals surface area contributed by atoms with E-state index in [2.05, 4.69) is 15.7 Å². The molecule has 0 saturated heterocycles. The molecular formula is C13H18N4O3. The average Bonchev–Trinajstić information content (AvgIpc) is 3.05. The lowest BCUT2D eigenvalue weighted by Crippen LogP contribution is -2.43. The van der Waals surface area contributed by atoms with Crippen LogP contribution in [0.25, 0.3) is 0 Å². The molecule has 7 nitrogen and oxygen atoms in total. The molecule has 7 heteroatoms. The van der Waals surface area contributed by atoms with E-state index in [0.717, 1.165) is 5.56 Å².